The van der Waals surface area contributed by atoms with Gasteiger partial charge in [0.1, 0.15) is 0 Å². The summed E-state index contributed by atoms with van der Waals surface area (Å²) >= 11 is 0. The van der Waals surface area contributed by atoms with Crippen LogP contribution in [0.5, 0.6) is 0 Å². The van der Waals surface area contributed by atoms with Crippen LogP contribution in [-0.4, -0.2) is 10.5 Å². The molecule has 0 aromatic heterocycles. The van der Waals surface area contributed by atoms with E-state index < -0.39 is 4.69 Å². The molecule has 5 heteroatoms. The minimum atomic E-state index is -1.17. The van der Waals surface area contributed by atoms with Gasteiger partial charge in [0.05, 0.1) is 0 Å². The van der Waals surface area contributed by atoms with Crippen molar-refractivity contribution in [2.45, 2.75) is 0 Å². The maximum Gasteiger partial charge on any atom is 0.227 e. The highest BCUT2D eigenvalue weighted by Gasteiger charge is 2.09. The van der Waals surface area contributed by atoms with E-state index in [4.69, 9.17) is 5.84 Å². The van der Waals surface area contributed by atoms with Crippen molar-refractivity contribution in [3.63, 3.8) is 0 Å². The van der Waals surface area contributed by atoms with E-state index in [0.717, 1.165) is 0 Å². The van der Waals surface area contributed by atoms with Gasteiger partial charge in [-0.05, 0) is 10.8 Å². The Labute approximate surface area is 48.1 Å². The summed E-state index contributed by atoms with van der Waals surface area (Å²) < 4.78 is -1.17. The van der Waals surface area contributed by atoms with Crippen LogP contribution in [0.4, 0.5) is 0 Å². The largest absolute Gasteiger partial charge is 0.562 e. The van der Waals surface area contributed by atoms with Crippen LogP contribution in [0, 0.1) is 5.21 Å². The molecule has 1 atom stereocenters. The molecule has 0 aliphatic carbocycles. The molecule has 0 radical (unpaired) electrons. The Kier molecular flexibility index (Phi) is 1.31. The van der Waals surface area contributed by atoms with Gasteiger partial charge in [-0.15, -0.1) is 5.84 Å². The van der Waals surface area contributed by atoms with E-state index >= 15 is 0 Å². The maximum atomic E-state index is 10.5. The molecule has 1 aliphatic rings. The van der Waals surface area contributed by atoms with E-state index in [1.54, 1.807) is 11.9 Å². The predicted molar refractivity (Wildman–Crippen MR) is 31.0 cm³/mol. The Morgan fingerprint density at radius 1 is 1.75 bits per heavy atom. The smallest absolute Gasteiger partial charge is 0.227 e. The highest BCUT2D eigenvalue weighted by atomic mass is 31.1. The number of hydrogen-bond donors (Lipinski definition) is 1. The molecule has 0 saturated carbocycles. The number of quaternary nitrogens is 1. The third-order valence-electron chi connectivity index (χ3n) is 0.604. The molecule has 0 fully saturated rings. The number of nitrogens with two attached hydrogens (primary N) is 1. The van der Waals surface area contributed by atoms with Gasteiger partial charge in [0, 0.05) is 5.80 Å². The molecule has 1 rings (SSSR count). The Bertz CT molecular complexity index is 142. The fourth-order valence-corrected chi connectivity index (χ4v) is 0.758. The van der Waals surface area contributed by atoms with Crippen LogP contribution < -0.4 is 5.84 Å². The summed E-state index contributed by atoms with van der Waals surface area (Å²) in [5.74, 6) is 6.56. The van der Waals surface area contributed by atoms with Gasteiger partial charge >= 0.3 is 0 Å². The number of rotatable bonds is 0. The zero-order chi connectivity index (χ0) is 6.04. The summed E-state index contributed by atoms with van der Waals surface area (Å²) in [6.07, 6.45) is 2.90. The first-order valence-electron chi connectivity index (χ1n) is 1.98. The highest BCUT2D eigenvalue weighted by Crippen LogP contribution is 2.15. The highest BCUT2D eigenvalue weighted by molar-refractivity contribution is 7.32. The molecule has 44 valence electrons. The lowest BCUT2D eigenvalue weighted by molar-refractivity contribution is -0.960. The Morgan fingerprint density at radius 2 is 2.50 bits per heavy atom. The molecule has 0 bridgehead atoms. The van der Waals surface area contributed by atoms with Crippen molar-refractivity contribution in [3.8, 4) is 0 Å². The monoisotopic (exact) mass is 132 g/mol. The van der Waals surface area contributed by atoms with Crippen LogP contribution in [0.15, 0.2) is 12.3 Å². The summed E-state index contributed by atoms with van der Waals surface area (Å²) in [6, 6.07) is 0. The average Bonchev–Trinajstić information content (AvgIpc) is 1.65. The SMILES string of the molecule is N[N+]1([O-])OC=CC=P1. The van der Waals surface area contributed by atoms with Gasteiger partial charge in [0.15, 0.2) is 6.26 Å². The molecule has 0 aromatic carbocycles. The van der Waals surface area contributed by atoms with Crippen LogP contribution in [-0.2, 0) is 4.84 Å². The maximum absolute atomic E-state index is 10.5. The third-order valence-corrected chi connectivity index (χ3v) is 1.33. The van der Waals surface area contributed by atoms with Crippen LogP contribution in [0.1, 0.15) is 0 Å². The summed E-state index contributed by atoms with van der Waals surface area (Å²) in [4.78, 5) is 4.40. The fraction of sp³-hybridized carbons (Fsp3) is 0. The molecule has 0 saturated heterocycles. The van der Waals surface area contributed by atoms with Crippen molar-refractivity contribution >= 4 is 14.2 Å². The molecule has 2 N–H and O–H groups in total. The van der Waals surface area contributed by atoms with Crippen LogP contribution >= 0.6 is 8.35 Å². The molecular formula is C3H5N2O2P. The van der Waals surface area contributed by atoms with Gasteiger partial charge in [0.2, 0.25) is 8.35 Å². The third kappa shape index (κ3) is 1.28. The minimum Gasteiger partial charge on any atom is -0.562 e. The minimum absolute atomic E-state index is 0.400. The molecule has 8 heavy (non-hydrogen) atoms. The molecule has 4 nitrogen and oxygen atoms in total. The standard InChI is InChI=1S/C3H5N2O2P/c4-5(6)7-2-1-3-8-5/h1-3H,4H2. The van der Waals surface area contributed by atoms with E-state index in [-0.39, 0.29) is 0 Å². The Balaban J connectivity index is 2.65. The fourth-order valence-electron chi connectivity index (χ4n) is 0.316. The van der Waals surface area contributed by atoms with Crippen molar-refractivity contribution in [2.24, 2.45) is 5.84 Å². The Hall–Kier alpha value is -0.410. The van der Waals surface area contributed by atoms with Gasteiger partial charge < -0.3 is 5.21 Å². The van der Waals surface area contributed by atoms with Crippen molar-refractivity contribution in [3.05, 3.63) is 17.5 Å². The number of allylic oxidation sites excluding steroid dienone is 1. The van der Waals surface area contributed by atoms with Gasteiger partial charge in [-0.25, -0.2) is 0 Å². The zero-order valence-corrected chi connectivity index (χ0v) is 4.91. The average molecular weight is 132 g/mol. The molecule has 0 spiro atoms. The second-order valence-corrected chi connectivity index (χ2v) is 2.35. The van der Waals surface area contributed by atoms with Crippen molar-refractivity contribution in [1.82, 2.24) is 0 Å². The first-order chi connectivity index (χ1) is 3.71. The topological polar surface area (TPSA) is 58.3 Å². The number of hydrogen-bond acceptors (Lipinski definition) is 3. The van der Waals surface area contributed by atoms with E-state index in [2.05, 4.69) is 4.84 Å². The van der Waals surface area contributed by atoms with E-state index in [0.29, 0.717) is 8.35 Å². The molecule has 0 aromatic rings. The normalized spacial score (nSPS) is 36.8. The van der Waals surface area contributed by atoms with Crippen LogP contribution in [0.2, 0.25) is 0 Å². The first-order valence-corrected chi connectivity index (χ1v) is 2.90. The molecule has 1 heterocycles. The van der Waals surface area contributed by atoms with Crippen molar-refractivity contribution < 1.29 is 9.53 Å². The quantitative estimate of drug-likeness (QED) is 0.293. The van der Waals surface area contributed by atoms with E-state index in [9.17, 15) is 5.21 Å². The summed E-state index contributed by atoms with van der Waals surface area (Å²) in [5, 5.41) is 10.5. The van der Waals surface area contributed by atoms with Gasteiger partial charge in [0.25, 0.3) is 0 Å². The van der Waals surface area contributed by atoms with E-state index in [1.807, 2.05) is 0 Å². The van der Waals surface area contributed by atoms with Crippen LogP contribution in [0.25, 0.3) is 0 Å². The lowest BCUT2D eigenvalue weighted by atomic mass is 10.7. The van der Waals surface area contributed by atoms with Crippen molar-refractivity contribution in [2.75, 3.05) is 0 Å². The lowest BCUT2D eigenvalue weighted by Gasteiger charge is -2.26. The summed E-state index contributed by atoms with van der Waals surface area (Å²) in [6.45, 7) is 0. The Morgan fingerprint density at radius 3 is 2.75 bits per heavy atom. The molecule has 1 aliphatic heterocycles. The number of nitrogens with zero attached hydrogens (tertiary/aromatic N) is 1. The van der Waals surface area contributed by atoms with E-state index in [1.165, 1.54) is 6.26 Å². The van der Waals surface area contributed by atoms with Gasteiger partial charge in [-0.1, -0.05) is 0 Å². The molecular weight excluding hydrogens is 127 g/mol. The van der Waals surface area contributed by atoms with Crippen molar-refractivity contribution in [1.29, 1.82) is 0 Å². The molecule has 1 unspecified atom stereocenters. The lowest BCUT2D eigenvalue weighted by Crippen LogP contribution is -2.38. The second kappa shape index (κ2) is 1.84. The molecule has 0 amide bonds. The second-order valence-electron chi connectivity index (χ2n) is 1.26. The van der Waals surface area contributed by atoms with Gasteiger partial charge in [-0.3, -0.25) is 4.84 Å². The summed E-state index contributed by atoms with van der Waals surface area (Å²) in [7, 11) is 0.400. The summed E-state index contributed by atoms with van der Waals surface area (Å²) in [5.41, 5.74) is 0. The first kappa shape index (κ1) is 5.72. The predicted octanol–water partition coefficient (Wildman–Crippen LogP) is 0.297. The van der Waals surface area contributed by atoms with Crippen LogP contribution in [0.3, 0.4) is 0 Å². The zero-order valence-electron chi connectivity index (χ0n) is 4.02. The van der Waals surface area contributed by atoms with Gasteiger partial charge in [-0.2, -0.15) is 0 Å².